The maximum atomic E-state index is 12.4. The number of aromatic nitrogens is 1. The zero-order valence-electron chi connectivity index (χ0n) is 11.4. The number of hydrogen-bond donors (Lipinski definition) is 1. The van der Waals surface area contributed by atoms with E-state index in [2.05, 4.69) is 37.8 Å². The molecule has 3 rings (SSSR count). The van der Waals surface area contributed by atoms with Crippen molar-refractivity contribution in [3.8, 4) is 0 Å². The smallest absolute Gasteiger partial charge is 0.267 e. The number of fused-ring (bicyclic) bond motifs is 1. The first-order chi connectivity index (χ1) is 9.56. The van der Waals surface area contributed by atoms with E-state index >= 15 is 0 Å². The summed E-state index contributed by atoms with van der Waals surface area (Å²) in [5.74, 6) is 0.713. The highest BCUT2D eigenvalue weighted by Crippen LogP contribution is 2.34. The van der Waals surface area contributed by atoms with Crippen molar-refractivity contribution in [2.24, 2.45) is 5.92 Å². The van der Waals surface area contributed by atoms with E-state index in [-0.39, 0.29) is 5.91 Å². The molecule has 1 saturated carbocycles. The monoisotopic (exact) mass is 352 g/mol. The number of amides is 1. The summed E-state index contributed by atoms with van der Waals surface area (Å²) in [6, 6.07) is 1.98. The van der Waals surface area contributed by atoms with Crippen LogP contribution in [0.15, 0.2) is 28.1 Å². The van der Waals surface area contributed by atoms with Gasteiger partial charge in [-0.3, -0.25) is 4.79 Å². The Bertz CT molecular complexity index is 681. The van der Waals surface area contributed by atoms with Crippen molar-refractivity contribution < 1.29 is 4.79 Å². The number of nitrogens with zero attached hydrogens (tertiary/aromatic N) is 1. The van der Waals surface area contributed by atoms with Crippen LogP contribution in [0.3, 0.4) is 0 Å². The van der Waals surface area contributed by atoms with E-state index in [1.807, 2.05) is 13.0 Å². The van der Waals surface area contributed by atoms with E-state index in [0.29, 0.717) is 12.5 Å². The molecule has 106 valence electrons. The molecule has 1 aliphatic rings. The van der Waals surface area contributed by atoms with Crippen molar-refractivity contribution in [2.75, 3.05) is 6.54 Å². The number of thiophene rings is 1. The largest absolute Gasteiger partial charge is 0.350 e. The molecular weight excluding hydrogens is 336 g/mol. The Kier molecular flexibility index (Phi) is 3.73. The van der Waals surface area contributed by atoms with Crippen molar-refractivity contribution in [3.05, 3.63) is 33.8 Å². The van der Waals surface area contributed by atoms with Gasteiger partial charge in [0.15, 0.2) is 0 Å². The number of carbonyl (C=O) groups is 1. The highest BCUT2D eigenvalue weighted by atomic mass is 79.9. The Morgan fingerprint density at radius 3 is 3.00 bits per heavy atom. The van der Waals surface area contributed by atoms with Gasteiger partial charge in [0.2, 0.25) is 0 Å². The average molecular weight is 353 g/mol. The van der Waals surface area contributed by atoms with Crippen LogP contribution in [0.4, 0.5) is 0 Å². The molecule has 1 N–H and O–H groups in total. The molecule has 0 spiro atoms. The normalized spacial score (nSPS) is 14.7. The molecule has 5 heteroatoms. The molecule has 0 unspecified atom stereocenters. The Labute approximate surface area is 130 Å². The van der Waals surface area contributed by atoms with Crippen LogP contribution >= 0.6 is 27.3 Å². The van der Waals surface area contributed by atoms with Gasteiger partial charge in [0.05, 0.1) is 14.7 Å². The van der Waals surface area contributed by atoms with Crippen molar-refractivity contribution in [1.82, 2.24) is 9.88 Å². The van der Waals surface area contributed by atoms with Gasteiger partial charge in [0, 0.05) is 18.5 Å². The summed E-state index contributed by atoms with van der Waals surface area (Å²) >= 11 is 5.22. The molecule has 1 fully saturated rings. The first-order valence-electron chi connectivity index (χ1n) is 6.75. The lowest BCUT2D eigenvalue weighted by Gasteiger charge is -2.11. The fraction of sp³-hybridized carbons (Fsp3) is 0.400. The van der Waals surface area contributed by atoms with Crippen LogP contribution in [0.25, 0.3) is 10.2 Å². The number of allylic oxidation sites excluding steroid dienone is 1. The van der Waals surface area contributed by atoms with Gasteiger partial charge < -0.3 is 9.88 Å². The first kappa shape index (κ1) is 13.9. The zero-order valence-corrected chi connectivity index (χ0v) is 13.8. The molecule has 20 heavy (non-hydrogen) atoms. The number of hydrogen-bond acceptors (Lipinski definition) is 2. The average Bonchev–Trinajstić information content (AvgIpc) is 3.05. The second-order valence-corrected chi connectivity index (χ2v) is 7.29. The quantitative estimate of drug-likeness (QED) is 0.804. The lowest BCUT2D eigenvalue weighted by molar-refractivity contribution is 0.0943. The Morgan fingerprint density at radius 1 is 1.60 bits per heavy atom. The third kappa shape index (κ3) is 2.69. The number of nitrogens with one attached hydrogen (secondary N) is 1. The van der Waals surface area contributed by atoms with Crippen molar-refractivity contribution in [1.29, 1.82) is 0 Å². The molecule has 3 nitrogen and oxygen atoms in total. The van der Waals surface area contributed by atoms with Gasteiger partial charge in [-0.05, 0) is 47.7 Å². The Hall–Kier alpha value is -1.07. The summed E-state index contributed by atoms with van der Waals surface area (Å²) < 4.78 is 4.23. The topological polar surface area (TPSA) is 34.0 Å². The van der Waals surface area contributed by atoms with Gasteiger partial charge in [0.25, 0.3) is 5.91 Å². The molecule has 2 heterocycles. The van der Waals surface area contributed by atoms with E-state index in [9.17, 15) is 4.79 Å². The number of carbonyl (C=O) groups excluding carboxylic acids is 1. The minimum atomic E-state index is 0.0217. The van der Waals surface area contributed by atoms with Crippen molar-refractivity contribution in [3.63, 3.8) is 0 Å². The maximum Gasteiger partial charge on any atom is 0.267 e. The summed E-state index contributed by atoms with van der Waals surface area (Å²) in [7, 11) is 0. The Morgan fingerprint density at radius 2 is 2.35 bits per heavy atom. The molecular formula is C15H17BrN2OS. The van der Waals surface area contributed by atoms with Gasteiger partial charge >= 0.3 is 0 Å². The van der Waals surface area contributed by atoms with Crippen LogP contribution in [-0.2, 0) is 6.54 Å². The molecule has 2 aromatic heterocycles. The fourth-order valence-corrected chi connectivity index (χ4v) is 4.00. The summed E-state index contributed by atoms with van der Waals surface area (Å²) in [6.45, 7) is 7.42. The lowest BCUT2D eigenvalue weighted by Crippen LogP contribution is -2.27. The molecule has 1 amide bonds. The standard InChI is InChI=1S/C15H17BrN2OS/c1-9(2)7-18-12(15(19)17-6-10-3-4-10)5-13-14(18)11(16)8-20-13/h5,8,10H,1,3-4,6-7H2,2H3,(H,17,19). The molecule has 2 aromatic rings. The molecule has 0 aromatic carbocycles. The first-order valence-corrected chi connectivity index (χ1v) is 8.42. The maximum absolute atomic E-state index is 12.4. The number of halogens is 1. The van der Waals surface area contributed by atoms with Crippen LogP contribution < -0.4 is 5.32 Å². The summed E-state index contributed by atoms with van der Waals surface area (Å²) in [5, 5.41) is 5.11. The lowest BCUT2D eigenvalue weighted by atomic mass is 10.3. The molecule has 0 bridgehead atoms. The van der Waals surface area contributed by atoms with Gasteiger partial charge in [0.1, 0.15) is 5.69 Å². The molecule has 0 atom stereocenters. The van der Waals surface area contributed by atoms with Crippen LogP contribution in [-0.4, -0.2) is 17.0 Å². The zero-order chi connectivity index (χ0) is 14.3. The molecule has 0 radical (unpaired) electrons. The molecule has 1 aliphatic carbocycles. The second-order valence-electron chi connectivity index (χ2n) is 5.52. The van der Waals surface area contributed by atoms with Crippen LogP contribution in [0.1, 0.15) is 30.3 Å². The second kappa shape index (κ2) is 5.37. The molecule has 0 aliphatic heterocycles. The van der Waals surface area contributed by atoms with Crippen LogP contribution in [0.5, 0.6) is 0 Å². The summed E-state index contributed by atoms with van der Waals surface area (Å²) in [5.41, 5.74) is 2.86. The van der Waals surface area contributed by atoms with Gasteiger partial charge in [-0.15, -0.1) is 11.3 Å². The van der Waals surface area contributed by atoms with E-state index in [1.165, 1.54) is 12.8 Å². The van der Waals surface area contributed by atoms with Crippen LogP contribution in [0, 0.1) is 5.92 Å². The summed E-state index contributed by atoms with van der Waals surface area (Å²) in [6.07, 6.45) is 2.49. The van der Waals surface area contributed by atoms with Crippen molar-refractivity contribution >= 4 is 43.4 Å². The SMILES string of the molecule is C=C(C)Cn1c(C(=O)NCC2CC2)cc2scc(Br)c21. The van der Waals surface area contributed by atoms with Crippen LogP contribution in [0.2, 0.25) is 0 Å². The third-order valence-corrected chi connectivity index (χ3v) is 5.31. The number of rotatable bonds is 5. The third-order valence-electron chi connectivity index (χ3n) is 3.49. The van der Waals surface area contributed by atoms with Crippen molar-refractivity contribution in [2.45, 2.75) is 26.3 Å². The fourth-order valence-electron chi connectivity index (χ4n) is 2.30. The summed E-state index contributed by atoms with van der Waals surface area (Å²) in [4.78, 5) is 12.4. The van der Waals surface area contributed by atoms with E-state index in [0.717, 1.165) is 32.5 Å². The predicted octanol–water partition coefficient (Wildman–Crippen LogP) is 4.18. The van der Waals surface area contributed by atoms with Gasteiger partial charge in [-0.25, -0.2) is 0 Å². The molecule has 0 saturated heterocycles. The Balaban J connectivity index is 1.94. The minimum Gasteiger partial charge on any atom is -0.350 e. The highest BCUT2D eigenvalue weighted by molar-refractivity contribution is 9.10. The van der Waals surface area contributed by atoms with E-state index < -0.39 is 0 Å². The highest BCUT2D eigenvalue weighted by Gasteiger charge is 2.24. The van der Waals surface area contributed by atoms with Gasteiger partial charge in [-0.2, -0.15) is 0 Å². The van der Waals surface area contributed by atoms with E-state index in [4.69, 9.17) is 0 Å². The van der Waals surface area contributed by atoms with E-state index in [1.54, 1.807) is 11.3 Å². The van der Waals surface area contributed by atoms with Gasteiger partial charge in [-0.1, -0.05) is 12.2 Å². The predicted molar refractivity (Wildman–Crippen MR) is 87.4 cm³/mol. The minimum absolute atomic E-state index is 0.0217.